The molecule has 0 saturated heterocycles. The van der Waals surface area contributed by atoms with Crippen LogP contribution in [-0.4, -0.2) is 9.97 Å². The molecule has 3 rings (SSSR count). The monoisotopic (exact) mass is 377 g/mol. The fourth-order valence-corrected chi connectivity index (χ4v) is 4.23. The first-order valence-electron chi connectivity index (χ1n) is 10.7. The summed E-state index contributed by atoms with van der Waals surface area (Å²) in [5.74, 6) is 2.85. The van der Waals surface area contributed by atoms with Crippen molar-refractivity contribution in [1.29, 1.82) is 0 Å². The summed E-state index contributed by atoms with van der Waals surface area (Å²) in [6.07, 6.45) is 11.9. The molecule has 0 unspecified atom stereocenters. The Morgan fingerprint density at radius 1 is 1.32 bits per heavy atom. The fraction of sp³-hybridized carbons (Fsp3) is 0.480. The number of imidazole rings is 1. The van der Waals surface area contributed by atoms with Gasteiger partial charge in [-0.1, -0.05) is 63.5 Å². The second-order valence-electron chi connectivity index (χ2n) is 8.24. The smallest absolute Gasteiger partial charge is 0.159 e. The molecular weight excluding hydrogens is 342 g/mol. The topological polar surface area (TPSA) is 31.9 Å². The van der Waals surface area contributed by atoms with Gasteiger partial charge in [-0.2, -0.15) is 0 Å². The molecule has 3 nitrogen and oxygen atoms in total. The number of allylic oxidation sites excluding steroid dienone is 2. The van der Waals surface area contributed by atoms with Crippen molar-refractivity contribution in [2.45, 2.75) is 72.8 Å². The fourth-order valence-electron chi connectivity index (χ4n) is 4.23. The number of nitrogens with one attached hydrogen (secondary N) is 1. The summed E-state index contributed by atoms with van der Waals surface area (Å²) in [5.41, 5.74) is 6.33. The van der Waals surface area contributed by atoms with Crippen LogP contribution >= 0.6 is 0 Å². The van der Waals surface area contributed by atoms with Crippen LogP contribution < -0.4 is 4.90 Å². The van der Waals surface area contributed by atoms with Crippen LogP contribution in [-0.2, 0) is 19.4 Å². The van der Waals surface area contributed by atoms with Crippen molar-refractivity contribution in [3.05, 3.63) is 65.3 Å². The number of anilines is 1. The van der Waals surface area contributed by atoms with E-state index in [0.29, 0.717) is 0 Å². The van der Waals surface area contributed by atoms with Crippen LogP contribution in [0.5, 0.6) is 0 Å². The lowest BCUT2D eigenvalue weighted by Crippen LogP contribution is -2.17. The molecule has 150 valence electrons. The summed E-state index contributed by atoms with van der Waals surface area (Å²) < 4.78 is 0. The van der Waals surface area contributed by atoms with Crippen molar-refractivity contribution in [2.75, 3.05) is 4.90 Å². The molecule has 1 aromatic heterocycles. The van der Waals surface area contributed by atoms with Crippen molar-refractivity contribution in [1.82, 2.24) is 9.97 Å². The lowest BCUT2D eigenvalue weighted by atomic mass is 9.93. The molecule has 1 aromatic carbocycles. The highest BCUT2D eigenvalue weighted by molar-refractivity contribution is 5.70. The molecule has 1 heterocycles. The van der Waals surface area contributed by atoms with Gasteiger partial charge in [-0.05, 0) is 55.4 Å². The van der Waals surface area contributed by atoms with Gasteiger partial charge in [-0.15, -0.1) is 0 Å². The van der Waals surface area contributed by atoms with E-state index in [1.165, 1.54) is 48.8 Å². The van der Waals surface area contributed by atoms with Crippen molar-refractivity contribution in [3.8, 4) is 0 Å². The summed E-state index contributed by atoms with van der Waals surface area (Å²) in [6, 6.07) is 6.96. The van der Waals surface area contributed by atoms with Gasteiger partial charge < -0.3 is 9.88 Å². The highest BCUT2D eigenvalue weighted by atomic mass is 15.2. The van der Waals surface area contributed by atoms with E-state index < -0.39 is 0 Å². The molecule has 1 fully saturated rings. The number of hydrogen-bond acceptors (Lipinski definition) is 2. The summed E-state index contributed by atoms with van der Waals surface area (Å²) in [4.78, 5) is 10.5. The van der Waals surface area contributed by atoms with Gasteiger partial charge in [-0.25, -0.2) is 4.98 Å². The van der Waals surface area contributed by atoms with E-state index in [4.69, 9.17) is 4.98 Å². The zero-order chi connectivity index (χ0) is 20.1. The number of H-pyrrole nitrogens is 1. The second-order valence-corrected chi connectivity index (χ2v) is 8.24. The van der Waals surface area contributed by atoms with Gasteiger partial charge in [0.2, 0.25) is 0 Å². The Morgan fingerprint density at radius 3 is 2.71 bits per heavy atom. The average molecular weight is 378 g/mol. The lowest BCUT2D eigenvalue weighted by Gasteiger charge is -2.21. The predicted octanol–water partition coefficient (Wildman–Crippen LogP) is 6.59. The first kappa shape index (κ1) is 20.4. The Labute approximate surface area is 170 Å². The van der Waals surface area contributed by atoms with Gasteiger partial charge in [0.25, 0.3) is 0 Å². The first-order valence-corrected chi connectivity index (χ1v) is 10.7. The summed E-state index contributed by atoms with van der Waals surface area (Å²) in [6.45, 7) is 13.4. The van der Waals surface area contributed by atoms with E-state index in [-0.39, 0.29) is 0 Å². The molecule has 0 atom stereocenters. The maximum Gasteiger partial charge on any atom is 0.159 e. The number of hydrogen-bond donors (Lipinski definition) is 1. The third kappa shape index (κ3) is 4.76. The molecule has 28 heavy (non-hydrogen) atoms. The molecule has 1 aliphatic rings. The van der Waals surface area contributed by atoms with Gasteiger partial charge in [0.05, 0.1) is 5.69 Å². The first-order chi connectivity index (χ1) is 13.5. The Kier molecular flexibility index (Phi) is 6.77. The zero-order valence-corrected chi connectivity index (χ0v) is 18.0. The Hall–Kier alpha value is -2.29. The molecule has 1 aliphatic carbocycles. The van der Waals surface area contributed by atoms with Crippen molar-refractivity contribution >= 4 is 11.4 Å². The van der Waals surface area contributed by atoms with E-state index in [9.17, 15) is 0 Å². The molecule has 0 amide bonds. The minimum Gasteiger partial charge on any atom is -0.340 e. The van der Waals surface area contributed by atoms with Crippen LogP contribution in [0.3, 0.4) is 0 Å². The van der Waals surface area contributed by atoms with Crippen molar-refractivity contribution < 1.29 is 0 Å². The number of nitrogens with zero attached hydrogens (tertiary/aromatic N) is 2. The molecule has 1 saturated carbocycles. The van der Waals surface area contributed by atoms with E-state index in [1.807, 2.05) is 6.92 Å². The van der Waals surface area contributed by atoms with Crippen LogP contribution in [0.4, 0.5) is 5.82 Å². The number of rotatable bonds is 8. The molecule has 0 radical (unpaired) electrons. The molecule has 3 heteroatoms. The molecule has 0 bridgehead atoms. The normalized spacial score (nSPS) is 14.9. The largest absolute Gasteiger partial charge is 0.340 e. The second kappa shape index (κ2) is 9.27. The Morgan fingerprint density at radius 2 is 2.07 bits per heavy atom. The molecule has 0 spiro atoms. The average Bonchev–Trinajstić information content (AvgIpc) is 3.33. The van der Waals surface area contributed by atoms with E-state index in [1.54, 1.807) is 0 Å². The van der Waals surface area contributed by atoms with Gasteiger partial charge in [-0.3, -0.25) is 0 Å². The SMILES string of the molecule is C=C(C)c1[nH]c(CC)nc1N(/C=C/C)Cc1ccc(C)c(CC2CCCC2)c1. The number of benzene rings is 1. The Bertz CT molecular complexity index is 837. The summed E-state index contributed by atoms with van der Waals surface area (Å²) in [7, 11) is 0. The van der Waals surface area contributed by atoms with Crippen LogP contribution in [0, 0.1) is 12.8 Å². The molecule has 0 aliphatic heterocycles. The summed E-state index contributed by atoms with van der Waals surface area (Å²) in [5, 5.41) is 0. The third-order valence-electron chi connectivity index (χ3n) is 5.85. The molecule has 1 N–H and O–H groups in total. The van der Waals surface area contributed by atoms with Crippen LogP contribution in [0.1, 0.15) is 74.7 Å². The van der Waals surface area contributed by atoms with E-state index >= 15 is 0 Å². The maximum absolute atomic E-state index is 4.85. The van der Waals surface area contributed by atoms with E-state index in [2.05, 4.69) is 67.7 Å². The Balaban J connectivity index is 1.87. The maximum atomic E-state index is 4.85. The quantitative estimate of drug-likeness (QED) is 0.563. The minimum atomic E-state index is 0.816. The zero-order valence-electron chi connectivity index (χ0n) is 18.0. The highest BCUT2D eigenvalue weighted by Gasteiger charge is 2.18. The standard InChI is InChI=1S/C25H35N3/c1-6-14-28(25-24(18(3)4)26-23(7-2)27-25)17-21-13-12-19(5)22(16-21)15-20-10-8-9-11-20/h6,12-14,16,20H,3,7-11,15,17H2,1-2,4-5H3,(H,26,27)/b14-6+. The van der Waals surface area contributed by atoms with Crippen molar-refractivity contribution in [3.63, 3.8) is 0 Å². The predicted molar refractivity (Wildman–Crippen MR) is 121 cm³/mol. The minimum absolute atomic E-state index is 0.816. The van der Waals surface area contributed by atoms with Crippen LogP contribution in [0.2, 0.25) is 0 Å². The van der Waals surface area contributed by atoms with E-state index in [0.717, 1.165) is 41.8 Å². The number of aryl methyl sites for hydroxylation is 2. The lowest BCUT2D eigenvalue weighted by molar-refractivity contribution is 0.545. The highest BCUT2D eigenvalue weighted by Crippen LogP contribution is 2.30. The van der Waals surface area contributed by atoms with Crippen molar-refractivity contribution in [2.24, 2.45) is 5.92 Å². The van der Waals surface area contributed by atoms with Gasteiger partial charge in [0, 0.05) is 19.2 Å². The number of aromatic nitrogens is 2. The van der Waals surface area contributed by atoms with Gasteiger partial charge in [0.1, 0.15) is 5.82 Å². The summed E-state index contributed by atoms with van der Waals surface area (Å²) >= 11 is 0. The molecule has 2 aromatic rings. The third-order valence-corrected chi connectivity index (χ3v) is 5.85. The molecular formula is C25H35N3. The van der Waals surface area contributed by atoms with Crippen LogP contribution in [0.15, 0.2) is 37.1 Å². The van der Waals surface area contributed by atoms with Gasteiger partial charge in [0.15, 0.2) is 5.82 Å². The van der Waals surface area contributed by atoms with Gasteiger partial charge >= 0.3 is 0 Å². The van der Waals surface area contributed by atoms with Crippen LogP contribution in [0.25, 0.3) is 5.57 Å². The number of aromatic amines is 1.